The van der Waals surface area contributed by atoms with Gasteiger partial charge in [-0.15, -0.1) is 0 Å². The zero-order chi connectivity index (χ0) is 63.6. The zero-order valence-electron chi connectivity index (χ0n) is 55.6. The smallest absolute Gasteiger partial charge is 0.462 e. The van der Waals surface area contributed by atoms with Gasteiger partial charge in [0.1, 0.15) is 19.3 Å². The molecule has 0 heterocycles. The Morgan fingerprint density at radius 3 is 0.884 bits per heavy atom. The number of phosphoric ester groups is 2. The molecule has 3 unspecified atom stereocenters. The average molecular weight is 1270 g/mol. The van der Waals surface area contributed by atoms with Crippen molar-refractivity contribution in [3.05, 3.63) is 0 Å². The molecule has 0 aliphatic rings. The molecule has 0 aromatic carbocycles. The summed E-state index contributed by atoms with van der Waals surface area (Å²) in [6.45, 7) is 9.39. The van der Waals surface area contributed by atoms with Crippen LogP contribution in [-0.2, 0) is 65.4 Å². The lowest BCUT2D eigenvalue weighted by atomic mass is 10.00. The minimum Gasteiger partial charge on any atom is -0.462 e. The largest absolute Gasteiger partial charge is 0.472 e. The average Bonchev–Trinajstić information content (AvgIpc) is 3.53. The van der Waals surface area contributed by atoms with Crippen LogP contribution in [-0.4, -0.2) is 96.7 Å². The van der Waals surface area contributed by atoms with Crippen LogP contribution in [0.5, 0.6) is 0 Å². The van der Waals surface area contributed by atoms with Crippen molar-refractivity contribution in [2.75, 3.05) is 39.6 Å². The van der Waals surface area contributed by atoms with Crippen molar-refractivity contribution < 1.29 is 80.2 Å². The SMILES string of the molecule is CCCCCCCCCCCCCCCCCCC(=O)O[C@H](COC(=O)CCCCCCCCCCCCC)COP(=O)(O)OC[C@@H](O)COP(=O)(O)OC[C@@H](COC(=O)CCCCCCCCC(C)C)OC(=O)CCCCCCCCC(C)CC. The van der Waals surface area contributed by atoms with Crippen molar-refractivity contribution in [3.8, 4) is 0 Å². The number of phosphoric acid groups is 2. The summed E-state index contributed by atoms with van der Waals surface area (Å²) in [5.74, 6) is -0.733. The maximum Gasteiger partial charge on any atom is 0.472 e. The number of unbranched alkanes of at least 4 members (excludes halogenated alkanes) is 35. The van der Waals surface area contributed by atoms with E-state index in [1.807, 2.05) is 0 Å². The number of ether oxygens (including phenoxy) is 4. The molecule has 3 N–H and O–H groups in total. The summed E-state index contributed by atoms with van der Waals surface area (Å²) >= 11 is 0. The molecular weight excluding hydrogens is 1140 g/mol. The minimum absolute atomic E-state index is 0.102. The Kier molecular flexibility index (Phi) is 58.0. The minimum atomic E-state index is -4.95. The lowest BCUT2D eigenvalue weighted by molar-refractivity contribution is -0.161. The number of carbonyl (C=O) groups excluding carboxylic acids is 4. The number of rotatable bonds is 66. The normalized spacial score (nSPS) is 14.5. The van der Waals surface area contributed by atoms with Gasteiger partial charge in [-0.25, -0.2) is 9.13 Å². The maximum absolute atomic E-state index is 13.0. The van der Waals surface area contributed by atoms with Gasteiger partial charge in [-0.2, -0.15) is 0 Å². The fraction of sp³-hybridized carbons (Fsp3) is 0.940. The highest BCUT2D eigenvalue weighted by Crippen LogP contribution is 2.45. The van der Waals surface area contributed by atoms with Gasteiger partial charge < -0.3 is 33.8 Å². The molecule has 0 amide bonds. The standard InChI is InChI=1S/C67H130O17P2/c1-7-10-12-14-16-18-20-21-22-23-24-26-28-30-39-45-51-66(71)83-62(55-77-64(69)49-43-37-29-27-25-19-17-15-13-11-8-2)57-81-85(73,74)79-53-61(68)54-80-86(75,76)82-58-63(56-78-65(70)50-44-38-33-31-35-41-47-59(4)5)84-67(72)52-46-40-34-32-36-42-48-60(6)9-3/h59-63,68H,7-58H2,1-6H3,(H,73,74)(H,75,76)/t60?,61-,62-,63-/m1/s1. The monoisotopic (exact) mass is 1270 g/mol. The second kappa shape index (κ2) is 59.4. The Balaban J connectivity index is 5.23. The molecule has 19 heteroatoms. The molecule has 17 nitrogen and oxygen atoms in total. The van der Waals surface area contributed by atoms with Gasteiger partial charge in [-0.3, -0.25) is 37.3 Å². The van der Waals surface area contributed by atoms with Crippen LogP contribution < -0.4 is 0 Å². The first-order valence-corrected chi connectivity index (χ1v) is 38.0. The van der Waals surface area contributed by atoms with Crippen LogP contribution in [0.25, 0.3) is 0 Å². The number of carbonyl (C=O) groups is 4. The van der Waals surface area contributed by atoms with Gasteiger partial charge in [0.15, 0.2) is 12.2 Å². The van der Waals surface area contributed by atoms with E-state index in [4.69, 9.17) is 37.0 Å². The number of aliphatic hydroxyl groups is 1. The van der Waals surface area contributed by atoms with Crippen LogP contribution in [0.1, 0.15) is 337 Å². The molecule has 0 aromatic rings. The molecule has 0 aliphatic carbocycles. The molecular formula is C67H130O17P2. The molecule has 6 atom stereocenters. The highest BCUT2D eigenvalue weighted by molar-refractivity contribution is 7.47. The summed E-state index contributed by atoms with van der Waals surface area (Å²) in [7, 11) is -9.89. The number of aliphatic hydroxyl groups excluding tert-OH is 1. The van der Waals surface area contributed by atoms with Gasteiger partial charge in [0.25, 0.3) is 0 Å². The van der Waals surface area contributed by atoms with Crippen molar-refractivity contribution in [3.63, 3.8) is 0 Å². The first-order chi connectivity index (χ1) is 41.4. The predicted molar refractivity (Wildman–Crippen MR) is 345 cm³/mol. The maximum atomic E-state index is 13.0. The summed E-state index contributed by atoms with van der Waals surface area (Å²) in [4.78, 5) is 72.3. The van der Waals surface area contributed by atoms with E-state index in [0.29, 0.717) is 31.6 Å². The van der Waals surface area contributed by atoms with Gasteiger partial charge in [0, 0.05) is 25.7 Å². The van der Waals surface area contributed by atoms with Gasteiger partial charge in [0.05, 0.1) is 26.4 Å². The molecule has 0 spiro atoms. The lowest BCUT2D eigenvalue weighted by Gasteiger charge is -2.21. The molecule has 0 rings (SSSR count). The van der Waals surface area contributed by atoms with Crippen molar-refractivity contribution in [1.29, 1.82) is 0 Å². The highest BCUT2D eigenvalue weighted by Gasteiger charge is 2.30. The van der Waals surface area contributed by atoms with Crippen LogP contribution in [0.4, 0.5) is 0 Å². The topological polar surface area (TPSA) is 237 Å². The zero-order valence-corrected chi connectivity index (χ0v) is 57.4. The summed E-state index contributed by atoms with van der Waals surface area (Å²) in [5, 5.41) is 10.6. The molecule has 86 heavy (non-hydrogen) atoms. The third-order valence-corrected chi connectivity index (χ3v) is 17.7. The molecule has 0 bridgehead atoms. The molecule has 0 saturated heterocycles. The molecule has 0 aliphatic heterocycles. The Hall–Kier alpha value is -1.94. The summed E-state index contributed by atoms with van der Waals surface area (Å²) in [6.07, 6.45) is 43.2. The number of hydrogen-bond donors (Lipinski definition) is 3. The molecule has 0 aromatic heterocycles. The van der Waals surface area contributed by atoms with Gasteiger partial charge in [-0.05, 0) is 37.5 Å². The van der Waals surface area contributed by atoms with Crippen LogP contribution in [0, 0.1) is 11.8 Å². The van der Waals surface area contributed by atoms with Crippen molar-refractivity contribution in [2.45, 2.75) is 355 Å². The molecule has 510 valence electrons. The summed E-state index contributed by atoms with van der Waals surface area (Å²) in [6, 6.07) is 0. The Morgan fingerprint density at radius 1 is 0.337 bits per heavy atom. The van der Waals surface area contributed by atoms with Crippen molar-refractivity contribution in [2.24, 2.45) is 11.8 Å². The predicted octanol–water partition coefficient (Wildman–Crippen LogP) is 18.8. The van der Waals surface area contributed by atoms with E-state index in [9.17, 15) is 43.2 Å². The van der Waals surface area contributed by atoms with Crippen LogP contribution >= 0.6 is 15.6 Å². The van der Waals surface area contributed by atoms with Gasteiger partial charge in [0.2, 0.25) is 0 Å². The van der Waals surface area contributed by atoms with E-state index in [-0.39, 0.29) is 25.7 Å². The van der Waals surface area contributed by atoms with Crippen molar-refractivity contribution >= 4 is 39.5 Å². The molecule has 0 fully saturated rings. The lowest BCUT2D eigenvalue weighted by Crippen LogP contribution is -2.30. The fourth-order valence-corrected chi connectivity index (χ4v) is 11.6. The molecule has 0 saturated carbocycles. The summed E-state index contributed by atoms with van der Waals surface area (Å²) in [5.41, 5.74) is 0. The van der Waals surface area contributed by atoms with Gasteiger partial charge >= 0.3 is 39.5 Å². The number of hydrogen-bond acceptors (Lipinski definition) is 15. The summed E-state index contributed by atoms with van der Waals surface area (Å²) < 4.78 is 68.1. The Bertz CT molecular complexity index is 1690. The van der Waals surface area contributed by atoms with Crippen molar-refractivity contribution in [1.82, 2.24) is 0 Å². The highest BCUT2D eigenvalue weighted by atomic mass is 31.2. The van der Waals surface area contributed by atoms with E-state index in [2.05, 4.69) is 41.5 Å². The second-order valence-corrected chi connectivity index (χ2v) is 27.8. The Labute approximate surface area is 524 Å². The first kappa shape index (κ1) is 84.1. The third-order valence-electron chi connectivity index (χ3n) is 15.8. The second-order valence-electron chi connectivity index (χ2n) is 24.9. The quantitative estimate of drug-likeness (QED) is 0.0222. The van der Waals surface area contributed by atoms with E-state index in [1.54, 1.807) is 0 Å². The fourth-order valence-electron chi connectivity index (χ4n) is 10.0. The van der Waals surface area contributed by atoms with E-state index < -0.39 is 97.5 Å². The third kappa shape index (κ3) is 59.7. The van der Waals surface area contributed by atoms with E-state index >= 15 is 0 Å². The van der Waals surface area contributed by atoms with E-state index in [0.717, 1.165) is 102 Å². The van der Waals surface area contributed by atoms with Crippen LogP contribution in [0.2, 0.25) is 0 Å². The molecule has 0 radical (unpaired) electrons. The first-order valence-electron chi connectivity index (χ1n) is 35.0. The number of esters is 4. The Morgan fingerprint density at radius 2 is 0.593 bits per heavy atom. The van der Waals surface area contributed by atoms with Gasteiger partial charge in [-0.1, -0.05) is 286 Å². The van der Waals surface area contributed by atoms with Crippen LogP contribution in [0.15, 0.2) is 0 Å². The van der Waals surface area contributed by atoms with Crippen LogP contribution in [0.3, 0.4) is 0 Å². The van der Waals surface area contributed by atoms with E-state index in [1.165, 1.54) is 148 Å².